The number of nitrogens with zero attached hydrogens (tertiary/aromatic N) is 5. The van der Waals surface area contributed by atoms with Gasteiger partial charge in [0.1, 0.15) is 18.8 Å². The first-order valence-electron chi connectivity index (χ1n) is 16.1. The van der Waals surface area contributed by atoms with Gasteiger partial charge in [-0.1, -0.05) is 55.5 Å². The van der Waals surface area contributed by atoms with Crippen molar-refractivity contribution in [2.75, 3.05) is 19.8 Å². The van der Waals surface area contributed by atoms with Gasteiger partial charge in [0.15, 0.2) is 0 Å². The molecule has 0 aliphatic carbocycles. The Morgan fingerprint density at radius 1 is 0.880 bits per heavy atom. The Morgan fingerprint density at radius 3 is 1.84 bits per heavy atom. The topological polar surface area (TPSA) is 90.1 Å². The minimum absolute atomic E-state index is 0.0205. The summed E-state index contributed by atoms with van der Waals surface area (Å²) in [7, 11) is 0. The Kier molecular flexibility index (Phi) is 10.7. The monoisotopic (exact) mass is 708 g/mol. The van der Waals surface area contributed by atoms with Crippen molar-refractivity contribution in [2.24, 2.45) is 5.92 Å². The second-order valence-corrected chi connectivity index (χ2v) is 12.6. The van der Waals surface area contributed by atoms with Crippen LogP contribution >= 0.6 is 0 Å². The van der Waals surface area contributed by atoms with E-state index in [1.165, 1.54) is 0 Å². The van der Waals surface area contributed by atoms with Gasteiger partial charge in [0, 0.05) is 43.2 Å². The molecule has 5 rings (SSSR count). The molecule has 0 spiro atoms. The van der Waals surface area contributed by atoms with Crippen molar-refractivity contribution in [3.63, 3.8) is 0 Å². The smallest absolute Gasteiger partial charge is 0.413 e. The van der Waals surface area contributed by atoms with Crippen molar-refractivity contribution >= 4 is 5.97 Å². The third kappa shape index (κ3) is 7.83. The number of carbonyl (C=O) groups is 1. The molecule has 1 aliphatic heterocycles. The fourth-order valence-corrected chi connectivity index (χ4v) is 6.65. The molecule has 0 saturated carbocycles. The molecule has 1 aliphatic rings. The number of halogens is 7. The Bertz CT molecular complexity index is 1680. The van der Waals surface area contributed by atoms with Crippen LogP contribution in [0.3, 0.4) is 0 Å². The number of aromatic nitrogens is 4. The first-order valence-corrected chi connectivity index (χ1v) is 16.1. The van der Waals surface area contributed by atoms with E-state index in [0.717, 1.165) is 58.9 Å². The van der Waals surface area contributed by atoms with Gasteiger partial charge in [0.2, 0.25) is 12.1 Å². The molecule has 2 heterocycles. The third-order valence-electron chi connectivity index (χ3n) is 9.55. The van der Waals surface area contributed by atoms with E-state index in [2.05, 4.69) is 15.4 Å². The number of rotatable bonds is 11. The first-order chi connectivity index (χ1) is 23.6. The summed E-state index contributed by atoms with van der Waals surface area (Å²) in [4.78, 5) is 13.6. The number of quaternary nitrogens is 1. The van der Waals surface area contributed by atoms with Crippen molar-refractivity contribution in [3.8, 4) is 11.4 Å². The molecule has 4 aromatic rings. The first kappa shape index (κ1) is 36.9. The number of carbonyl (C=O) groups excluding carboxylic acids is 1. The summed E-state index contributed by atoms with van der Waals surface area (Å²) in [5.74, 6) is -0.691. The molecule has 1 atom stereocenters. The van der Waals surface area contributed by atoms with E-state index in [1.807, 2.05) is 12.1 Å². The van der Waals surface area contributed by atoms with Crippen LogP contribution < -0.4 is 0 Å². The molecule has 1 N–H and O–H groups in total. The highest BCUT2D eigenvalue weighted by Crippen LogP contribution is 2.45. The summed E-state index contributed by atoms with van der Waals surface area (Å²) >= 11 is 0. The zero-order valence-electron chi connectivity index (χ0n) is 27.4. The number of benzene rings is 3. The Hall–Kier alpha value is -4.37. The van der Waals surface area contributed by atoms with Crippen LogP contribution in [0.4, 0.5) is 30.7 Å². The van der Waals surface area contributed by atoms with E-state index < -0.39 is 53.9 Å². The SMILES string of the molecule is CCC(=O)OC(C)[N+]1(Cc2ccc(-c3nnn(CCF)n3)cc2)CCC(C(O)(c2ccc(C(F)(F)F)cc2)c2ccc(C(F)(F)F)cc2)CC1. The van der Waals surface area contributed by atoms with Crippen LogP contribution in [0.5, 0.6) is 0 Å². The van der Waals surface area contributed by atoms with Crippen LogP contribution in [-0.4, -0.2) is 61.8 Å². The molecule has 0 amide bonds. The van der Waals surface area contributed by atoms with Gasteiger partial charge >= 0.3 is 18.3 Å². The van der Waals surface area contributed by atoms with Gasteiger partial charge < -0.3 is 9.84 Å². The molecule has 268 valence electrons. The van der Waals surface area contributed by atoms with Crippen LogP contribution in [0.1, 0.15) is 60.9 Å². The molecule has 8 nitrogen and oxygen atoms in total. The van der Waals surface area contributed by atoms with Gasteiger partial charge in [-0.3, -0.25) is 9.28 Å². The van der Waals surface area contributed by atoms with Gasteiger partial charge in [-0.05, 0) is 40.6 Å². The lowest BCUT2D eigenvalue weighted by molar-refractivity contribution is -0.984. The molecule has 0 radical (unpaired) electrons. The number of ether oxygens (including phenoxy) is 1. The molecule has 15 heteroatoms. The summed E-state index contributed by atoms with van der Waals surface area (Å²) in [6.07, 6.45) is -9.11. The van der Waals surface area contributed by atoms with Crippen LogP contribution in [0.25, 0.3) is 11.4 Å². The Morgan fingerprint density at radius 2 is 1.38 bits per heavy atom. The number of aliphatic hydroxyl groups is 1. The van der Waals surface area contributed by atoms with Crippen molar-refractivity contribution in [1.29, 1.82) is 0 Å². The largest absolute Gasteiger partial charge is 0.416 e. The van der Waals surface area contributed by atoms with Crippen molar-refractivity contribution in [2.45, 2.75) is 70.4 Å². The number of hydrogen-bond acceptors (Lipinski definition) is 6. The van der Waals surface area contributed by atoms with Crippen LogP contribution in [0.15, 0.2) is 72.8 Å². The molecule has 50 heavy (non-hydrogen) atoms. The number of hydrogen-bond donors (Lipinski definition) is 1. The summed E-state index contributed by atoms with van der Waals surface area (Å²) in [6, 6.07) is 15.4. The molecule has 1 saturated heterocycles. The number of likely N-dealkylation sites (tertiary alicyclic amines) is 1. The maximum absolute atomic E-state index is 13.4. The Balaban J connectivity index is 1.46. The van der Waals surface area contributed by atoms with E-state index in [1.54, 1.807) is 26.0 Å². The maximum Gasteiger partial charge on any atom is 0.416 e. The molecule has 1 unspecified atom stereocenters. The van der Waals surface area contributed by atoms with Gasteiger partial charge in [-0.15, -0.1) is 10.2 Å². The van der Waals surface area contributed by atoms with Crippen molar-refractivity contribution in [1.82, 2.24) is 20.2 Å². The van der Waals surface area contributed by atoms with E-state index in [4.69, 9.17) is 4.74 Å². The number of aryl methyl sites for hydroxylation is 1. The zero-order valence-corrected chi connectivity index (χ0v) is 27.4. The number of esters is 1. The lowest BCUT2D eigenvalue weighted by atomic mass is 9.71. The normalized spacial score (nSPS) is 19.3. The highest BCUT2D eigenvalue weighted by atomic mass is 19.4. The van der Waals surface area contributed by atoms with E-state index in [0.29, 0.717) is 43.9 Å². The van der Waals surface area contributed by atoms with Crippen LogP contribution in [-0.2, 0) is 40.6 Å². The predicted octanol–water partition coefficient (Wildman–Crippen LogP) is 7.31. The molecule has 1 aromatic heterocycles. The minimum atomic E-state index is -4.62. The molecular formula is C35H37F7N5O3+. The second-order valence-electron chi connectivity index (χ2n) is 12.6. The average Bonchev–Trinajstić information content (AvgIpc) is 3.56. The molecular weight excluding hydrogens is 671 g/mol. The third-order valence-corrected chi connectivity index (χ3v) is 9.55. The van der Waals surface area contributed by atoms with E-state index >= 15 is 0 Å². The summed E-state index contributed by atoms with van der Waals surface area (Å²) in [6.45, 7) is 3.95. The quantitative estimate of drug-likeness (QED) is 0.0999. The summed E-state index contributed by atoms with van der Waals surface area (Å²) in [5.41, 5.74) is -2.00. The minimum Gasteiger partial charge on any atom is -0.413 e. The molecule has 3 aromatic carbocycles. The molecule has 0 bridgehead atoms. The zero-order chi connectivity index (χ0) is 36.3. The van der Waals surface area contributed by atoms with Gasteiger partial charge in [0.25, 0.3) is 0 Å². The lowest BCUT2D eigenvalue weighted by Crippen LogP contribution is -2.60. The second kappa shape index (κ2) is 14.5. The van der Waals surface area contributed by atoms with E-state index in [-0.39, 0.29) is 28.6 Å². The van der Waals surface area contributed by atoms with Crippen LogP contribution in [0.2, 0.25) is 0 Å². The lowest BCUT2D eigenvalue weighted by Gasteiger charge is -2.49. The van der Waals surface area contributed by atoms with Gasteiger partial charge in [-0.25, -0.2) is 4.39 Å². The molecule has 1 fully saturated rings. The Labute approximate surface area is 284 Å². The summed E-state index contributed by atoms with van der Waals surface area (Å²) < 4.78 is 99.3. The van der Waals surface area contributed by atoms with Crippen molar-refractivity contribution < 1.29 is 49.9 Å². The summed E-state index contributed by atoms with van der Waals surface area (Å²) in [5, 5.41) is 24.4. The maximum atomic E-state index is 13.4. The number of tetrazole rings is 1. The van der Waals surface area contributed by atoms with E-state index in [9.17, 15) is 40.6 Å². The average molecular weight is 709 g/mol. The number of alkyl halides is 7. The fraction of sp³-hybridized carbons (Fsp3) is 0.429. The number of piperidine rings is 1. The van der Waals surface area contributed by atoms with Gasteiger partial charge in [-0.2, -0.15) is 31.1 Å². The fourth-order valence-electron chi connectivity index (χ4n) is 6.65. The standard InChI is InChI=1S/C35H37F7N5O3/c1-3-31(48)50-23(2)47(22-24-4-6-25(7-5-24)32-43-45-46(44-32)19-18-36)20-16-28(17-21-47)33(49,26-8-12-29(13-9-26)34(37,38)39)27-10-14-30(15-11-27)35(40,41)42/h4-15,23,28,49H,3,16-22H2,1-2H3/q+1. The predicted molar refractivity (Wildman–Crippen MR) is 167 cm³/mol. The van der Waals surface area contributed by atoms with Gasteiger partial charge in [0.05, 0.1) is 30.8 Å². The highest BCUT2D eigenvalue weighted by molar-refractivity contribution is 5.68. The van der Waals surface area contributed by atoms with Crippen molar-refractivity contribution in [3.05, 3.63) is 101 Å². The highest BCUT2D eigenvalue weighted by Gasteiger charge is 2.49. The van der Waals surface area contributed by atoms with Crippen LogP contribution in [0, 0.1) is 5.92 Å².